The Morgan fingerprint density at radius 2 is 2.07 bits per heavy atom. The van der Waals surface area contributed by atoms with Gasteiger partial charge in [-0.2, -0.15) is 0 Å². The van der Waals surface area contributed by atoms with Gasteiger partial charge in [0.1, 0.15) is 16.5 Å². The van der Waals surface area contributed by atoms with Gasteiger partial charge in [0, 0.05) is 35.0 Å². The Labute approximate surface area is 157 Å². The van der Waals surface area contributed by atoms with Gasteiger partial charge >= 0.3 is 0 Å². The van der Waals surface area contributed by atoms with Crippen molar-refractivity contribution in [3.63, 3.8) is 0 Å². The Kier molecular flexibility index (Phi) is 4.41. The van der Waals surface area contributed by atoms with Crippen molar-refractivity contribution in [2.24, 2.45) is 0 Å². The molecule has 1 amide bonds. The van der Waals surface area contributed by atoms with E-state index in [0.717, 1.165) is 12.0 Å². The number of hydrogen-bond acceptors (Lipinski definition) is 5. The summed E-state index contributed by atoms with van der Waals surface area (Å²) in [6, 6.07) is 12.5. The summed E-state index contributed by atoms with van der Waals surface area (Å²) in [4.78, 5) is 27.1. The van der Waals surface area contributed by atoms with Crippen LogP contribution in [0.2, 0.25) is 0 Å². The number of benzene rings is 2. The highest BCUT2D eigenvalue weighted by molar-refractivity contribution is 7.13. The first-order valence-corrected chi connectivity index (χ1v) is 9.16. The van der Waals surface area contributed by atoms with E-state index in [4.69, 9.17) is 0 Å². The minimum absolute atomic E-state index is 0.0235. The first kappa shape index (κ1) is 17.3. The van der Waals surface area contributed by atoms with Crippen LogP contribution in [0.15, 0.2) is 53.9 Å². The zero-order valence-corrected chi connectivity index (χ0v) is 14.8. The number of nitrogens with zero attached hydrogens (tertiary/aromatic N) is 2. The van der Waals surface area contributed by atoms with Gasteiger partial charge in [-0.25, -0.2) is 9.37 Å². The number of aromatic nitrogens is 1. The average molecular weight is 383 g/mol. The summed E-state index contributed by atoms with van der Waals surface area (Å²) < 4.78 is 13.3. The van der Waals surface area contributed by atoms with Crippen molar-refractivity contribution in [2.45, 2.75) is 18.4 Å². The van der Waals surface area contributed by atoms with Crippen molar-refractivity contribution in [3.05, 3.63) is 81.1 Å². The molecule has 1 heterocycles. The molecule has 6 nitrogen and oxygen atoms in total. The molecule has 1 saturated carbocycles. The van der Waals surface area contributed by atoms with Crippen LogP contribution < -0.4 is 5.32 Å². The van der Waals surface area contributed by atoms with E-state index in [9.17, 15) is 19.3 Å². The summed E-state index contributed by atoms with van der Waals surface area (Å²) in [5.41, 5.74) is 1.71. The Bertz CT molecular complexity index is 1040. The van der Waals surface area contributed by atoms with Crippen LogP contribution in [0.3, 0.4) is 0 Å². The molecule has 136 valence electrons. The van der Waals surface area contributed by atoms with Crippen molar-refractivity contribution >= 4 is 22.9 Å². The number of non-ortho nitro benzene ring substituents is 1. The molecule has 1 aromatic heterocycles. The van der Waals surface area contributed by atoms with Crippen LogP contribution in [0.25, 0.3) is 10.6 Å². The number of carbonyl (C=O) groups is 1. The summed E-state index contributed by atoms with van der Waals surface area (Å²) in [7, 11) is 0. The summed E-state index contributed by atoms with van der Waals surface area (Å²) in [6.07, 6.45) is 0.761. The molecule has 0 bridgehead atoms. The number of thiazole rings is 1. The van der Waals surface area contributed by atoms with Crippen molar-refractivity contribution < 1.29 is 14.1 Å². The fourth-order valence-corrected chi connectivity index (χ4v) is 3.76. The zero-order valence-electron chi connectivity index (χ0n) is 14.0. The fourth-order valence-electron chi connectivity index (χ4n) is 2.97. The van der Waals surface area contributed by atoms with E-state index in [2.05, 4.69) is 10.3 Å². The van der Waals surface area contributed by atoms with Gasteiger partial charge in [0.15, 0.2) is 0 Å². The van der Waals surface area contributed by atoms with Crippen LogP contribution >= 0.6 is 11.3 Å². The van der Waals surface area contributed by atoms with Gasteiger partial charge in [0.2, 0.25) is 0 Å². The second kappa shape index (κ2) is 6.88. The van der Waals surface area contributed by atoms with Crippen LogP contribution in [0.4, 0.5) is 10.1 Å². The minimum atomic E-state index is -0.468. The van der Waals surface area contributed by atoms with E-state index in [1.807, 2.05) is 6.07 Å². The van der Waals surface area contributed by atoms with E-state index in [1.165, 1.54) is 35.6 Å². The van der Waals surface area contributed by atoms with E-state index in [0.29, 0.717) is 10.6 Å². The summed E-state index contributed by atoms with van der Waals surface area (Å²) in [5, 5.41) is 16.0. The Hall–Kier alpha value is -3.13. The highest BCUT2D eigenvalue weighted by Gasteiger charge is 2.40. The van der Waals surface area contributed by atoms with Gasteiger partial charge in [-0.15, -0.1) is 11.3 Å². The third kappa shape index (κ3) is 3.70. The Morgan fingerprint density at radius 1 is 1.26 bits per heavy atom. The van der Waals surface area contributed by atoms with Crippen molar-refractivity contribution in [1.82, 2.24) is 10.3 Å². The van der Waals surface area contributed by atoms with Crippen molar-refractivity contribution in [1.29, 1.82) is 0 Å². The first-order chi connectivity index (χ1) is 13.0. The number of rotatable bonds is 5. The number of nitrogens with one attached hydrogen (secondary N) is 1. The first-order valence-electron chi connectivity index (χ1n) is 8.28. The normalized spacial score (nSPS) is 18.1. The van der Waals surface area contributed by atoms with Crippen LogP contribution in [-0.2, 0) is 0 Å². The lowest BCUT2D eigenvalue weighted by atomic mass is 10.1. The molecule has 0 spiro atoms. The summed E-state index contributed by atoms with van der Waals surface area (Å²) in [6.45, 7) is 0. The van der Waals surface area contributed by atoms with Gasteiger partial charge < -0.3 is 5.32 Å². The second-order valence-electron chi connectivity index (χ2n) is 6.32. The van der Waals surface area contributed by atoms with Gasteiger partial charge in [-0.3, -0.25) is 14.9 Å². The van der Waals surface area contributed by atoms with E-state index in [-0.39, 0.29) is 35.1 Å². The molecule has 4 rings (SSSR count). The summed E-state index contributed by atoms with van der Waals surface area (Å²) >= 11 is 1.25. The van der Waals surface area contributed by atoms with Gasteiger partial charge in [-0.1, -0.05) is 24.3 Å². The minimum Gasteiger partial charge on any atom is -0.347 e. The topological polar surface area (TPSA) is 85.1 Å². The second-order valence-corrected chi connectivity index (χ2v) is 7.18. The molecule has 0 aliphatic heterocycles. The molecule has 1 fully saturated rings. The monoisotopic (exact) mass is 383 g/mol. The third-order valence-corrected chi connectivity index (χ3v) is 5.32. The average Bonchev–Trinajstić information content (AvgIpc) is 3.24. The van der Waals surface area contributed by atoms with Gasteiger partial charge in [0.05, 0.1) is 4.92 Å². The molecular weight excluding hydrogens is 369 g/mol. The quantitative estimate of drug-likeness (QED) is 0.530. The van der Waals surface area contributed by atoms with Crippen molar-refractivity contribution in [3.8, 4) is 10.6 Å². The number of hydrogen-bond donors (Lipinski definition) is 1. The molecule has 3 aromatic rings. The van der Waals surface area contributed by atoms with E-state index >= 15 is 0 Å². The maximum absolute atomic E-state index is 13.3. The van der Waals surface area contributed by atoms with E-state index in [1.54, 1.807) is 23.6 Å². The number of halogens is 1. The SMILES string of the molecule is O=C(N[C@@H]1C[C@@H]1c1cccc(F)c1)c1csc(-c2cccc([N+](=O)[O-])c2)n1. The molecule has 27 heavy (non-hydrogen) atoms. The molecule has 0 unspecified atom stereocenters. The molecule has 8 heteroatoms. The predicted octanol–water partition coefficient (Wildman–Crippen LogP) is 4.14. The molecule has 1 aliphatic carbocycles. The molecule has 2 atom stereocenters. The maximum Gasteiger partial charge on any atom is 0.271 e. The predicted molar refractivity (Wildman–Crippen MR) is 99.2 cm³/mol. The van der Waals surface area contributed by atoms with Crippen LogP contribution in [0.5, 0.6) is 0 Å². The van der Waals surface area contributed by atoms with Gasteiger partial charge in [-0.05, 0) is 24.1 Å². The van der Waals surface area contributed by atoms with Gasteiger partial charge in [0.25, 0.3) is 11.6 Å². The number of carbonyl (C=O) groups excluding carboxylic acids is 1. The maximum atomic E-state index is 13.3. The van der Waals surface area contributed by atoms with Crippen LogP contribution in [0.1, 0.15) is 28.4 Å². The molecule has 0 radical (unpaired) electrons. The molecule has 0 saturated heterocycles. The summed E-state index contributed by atoms with van der Waals surface area (Å²) in [5.74, 6) is -0.475. The largest absolute Gasteiger partial charge is 0.347 e. The standard InChI is InChI=1S/C19H14FN3O3S/c20-13-5-1-3-11(7-13)15-9-16(15)21-18(24)17-10-27-19(22-17)12-4-2-6-14(8-12)23(25)26/h1-8,10,15-16H,9H2,(H,21,24)/t15-,16-/m1/s1. The lowest BCUT2D eigenvalue weighted by molar-refractivity contribution is -0.384. The lowest BCUT2D eigenvalue weighted by Crippen LogP contribution is -2.26. The van der Waals surface area contributed by atoms with E-state index < -0.39 is 4.92 Å². The van der Waals surface area contributed by atoms with Crippen molar-refractivity contribution in [2.75, 3.05) is 0 Å². The number of nitro groups is 1. The Balaban J connectivity index is 1.44. The zero-order chi connectivity index (χ0) is 19.0. The smallest absolute Gasteiger partial charge is 0.271 e. The molecular formula is C19H14FN3O3S. The molecule has 1 aliphatic rings. The van der Waals surface area contributed by atoms with Crippen LogP contribution in [-0.4, -0.2) is 21.9 Å². The Morgan fingerprint density at radius 3 is 2.85 bits per heavy atom. The fraction of sp³-hybridized carbons (Fsp3) is 0.158. The third-order valence-electron chi connectivity index (χ3n) is 4.42. The lowest BCUT2D eigenvalue weighted by Gasteiger charge is -2.03. The highest BCUT2D eigenvalue weighted by atomic mass is 32.1. The molecule has 1 N–H and O–H groups in total. The number of nitro benzene ring substituents is 1. The molecule has 2 aromatic carbocycles. The highest BCUT2D eigenvalue weighted by Crippen LogP contribution is 2.41. The van der Waals surface area contributed by atoms with Crippen LogP contribution in [0, 0.1) is 15.9 Å². The number of amides is 1.